The monoisotopic (exact) mass is 262 g/mol. The molecule has 0 heterocycles. The molecule has 0 aliphatic heterocycles. The van der Waals surface area contributed by atoms with E-state index in [0.717, 1.165) is 17.9 Å². The molecule has 1 aromatic rings. The van der Waals surface area contributed by atoms with Crippen molar-refractivity contribution in [3.05, 3.63) is 34.9 Å². The Labute approximate surface area is 114 Å². The van der Waals surface area contributed by atoms with Crippen LogP contribution in [0.2, 0.25) is 5.02 Å². The fourth-order valence-electron chi connectivity index (χ4n) is 3.94. The second-order valence-corrected chi connectivity index (χ2v) is 6.96. The van der Waals surface area contributed by atoms with Crippen molar-refractivity contribution in [1.82, 2.24) is 0 Å². The van der Waals surface area contributed by atoms with Crippen LogP contribution in [-0.4, -0.2) is 5.78 Å². The lowest BCUT2D eigenvalue weighted by atomic mass is 9.73. The Hall–Kier alpha value is -0.820. The van der Waals surface area contributed by atoms with E-state index in [4.69, 9.17) is 11.6 Å². The minimum Gasteiger partial charge on any atom is -0.299 e. The van der Waals surface area contributed by atoms with E-state index in [1.54, 1.807) is 0 Å². The van der Waals surface area contributed by atoms with Gasteiger partial charge in [0.1, 0.15) is 5.78 Å². The summed E-state index contributed by atoms with van der Waals surface area (Å²) in [6, 6.07) is 8.07. The summed E-state index contributed by atoms with van der Waals surface area (Å²) >= 11 is 5.91. The fourth-order valence-corrected chi connectivity index (χ4v) is 4.06. The van der Waals surface area contributed by atoms with E-state index in [2.05, 4.69) is 26.0 Å². The lowest BCUT2D eigenvalue weighted by molar-refractivity contribution is -0.115. The van der Waals surface area contributed by atoms with Crippen LogP contribution < -0.4 is 0 Å². The number of hydrogen-bond donors (Lipinski definition) is 0. The highest BCUT2D eigenvalue weighted by molar-refractivity contribution is 6.30. The SMILES string of the molecule is CC1(C)CCC(Cc2ccc(Cl)cc2)C12CC2=O. The highest BCUT2D eigenvalue weighted by Crippen LogP contribution is 2.68. The van der Waals surface area contributed by atoms with Gasteiger partial charge in [0, 0.05) is 16.9 Å². The molecule has 96 valence electrons. The average Bonchev–Trinajstić information content (AvgIpc) is 2.94. The van der Waals surface area contributed by atoms with Gasteiger partial charge >= 0.3 is 0 Å². The number of ketones is 1. The number of rotatable bonds is 2. The van der Waals surface area contributed by atoms with E-state index < -0.39 is 0 Å². The van der Waals surface area contributed by atoms with Gasteiger partial charge in [0.25, 0.3) is 0 Å². The predicted molar refractivity (Wildman–Crippen MR) is 73.7 cm³/mol. The number of benzene rings is 1. The molecule has 1 spiro atoms. The third-order valence-electron chi connectivity index (χ3n) is 5.23. The van der Waals surface area contributed by atoms with Crippen LogP contribution in [0.5, 0.6) is 0 Å². The van der Waals surface area contributed by atoms with Gasteiger partial charge in [0.05, 0.1) is 0 Å². The van der Waals surface area contributed by atoms with E-state index in [0.29, 0.717) is 11.7 Å². The Balaban J connectivity index is 1.82. The van der Waals surface area contributed by atoms with Gasteiger partial charge in [0.15, 0.2) is 0 Å². The van der Waals surface area contributed by atoms with Gasteiger partial charge < -0.3 is 0 Å². The number of halogens is 1. The Kier molecular flexibility index (Phi) is 2.60. The molecule has 0 radical (unpaired) electrons. The predicted octanol–water partition coefficient (Wildman–Crippen LogP) is 4.28. The van der Waals surface area contributed by atoms with Crippen molar-refractivity contribution in [1.29, 1.82) is 0 Å². The summed E-state index contributed by atoms with van der Waals surface area (Å²) in [5.74, 6) is 1.02. The standard InChI is InChI=1S/C16H19ClO/c1-15(2)8-7-12(16(15)10-14(16)18)9-11-3-5-13(17)6-4-11/h3-6,12H,7-10H2,1-2H3. The summed E-state index contributed by atoms with van der Waals surface area (Å²) < 4.78 is 0. The molecule has 2 atom stereocenters. The summed E-state index contributed by atoms with van der Waals surface area (Å²) in [5, 5.41) is 0.780. The van der Waals surface area contributed by atoms with Gasteiger partial charge in [-0.15, -0.1) is 0 Å². The normalized spacial score (nSPS) is 33.1. The molecule has 2 aliphatic carbocycles. The molecule has 2 fully saturated rings. The van der Waals surface area contributed by atoms with Gasteiger partial charge in [-0.25, -0.2) is 0 Å². The smallest absolute Gasteiger partial charge is 0.141 e. The molecule has 0 amide bonds. The number of carbonyl (C=O) groups is 1. The van der Waals surface area contributed by atoms with Crippen LogP contribution in [0, 0.1) is 16.7 Å². The van der Waals surface area contributed by atoms with E-state index in [-0.39, 0.29) is 10.8 Å². The zero-order chi connectivity index (χ0) is 13.0. The van der Waals surface area contributed by atoms with Crippen molar-refractivity contribution >= 4 is 17.4 Å². The van der Waals surface area contributed by atoms with Crippen LogP contribution in [0.3, 0.4) is 0 Å². The lowest BCUT2D eigenvalue weighted by Gasteiger charge is -2.29. The van der Waals surface area contributed by atoms with Crippen LogP contribution >= 0.6 is 11.6 Å². The molecule has 1 nitrogen and oxygen atoms in total. The van der Waals surface area contributed by atoms with Crippen molar-refractivity contribution in [2.24, 2.45) is 16.7 Å². The highest BCUT2D eigenvalue weighted by atomic mass is 35.5. The van der Waals surface area contributed by atoms with Crippen LogP contribution in [0.4, 0.5) is 0 Å². The van der Waals surface area contributed by atoms with Crippen molar-refractivity contribution < 1.29 is 4.79 Å². The Morgan fingerprint density at radius 1 is 1.28 bits per heavy atom. The van der Waals surface area contributed by atoms with Crippen LogP contribution in [-0.2, 0) is 11.2 Å². The number of hydrogen-bond acceptors (Lipinski definition) is 1. The minimum absolute atomic E-state index is 0.00731. The summed E-state index contributed by atoms with van der Waals surface area (Å²) in [7, 11) is 0. The van der Waals surface area contributed by atoms with Gasteiger partial charge in [-0.1, -0.05) is 37.6 Å². The molecular weight excluding hydrogens is 244 g/mol. The van der Waals surface area contributed by atoms with Crippen LogP contribution in [0.15, 0.2) is 24.3 Å². The largest absolute Gasteiger partial charge is 0.299 e. The molecule has 0 N–H and O–H groups in total. The first-order valence-electron chi connectivity index (χ1n) is 6.73. The van der Waals surface area contributed by atoms with Crippen molar-refractivity contribution in [2.75, 3.05) is 0 Å². The molecule has 3 rings (SSSR count). The first-order valence-corrected chi connectivity index (χ1v) is 7.11. The topological polar surface area (TPSA) is 17.1 Å². The van der Waals surface area contributed by atoms with Crippen molar-refractivity contribution in [2.45, 2.75) is 39.5 Å². The van der Waals surface area contributed by atoms with E-state index in [9.17, 15) is 4.79 Å². The quantitative estimate of drug-likeness (QED) is 0.778. The van der Waals surface area contributed by atoms with Crippen molar-refractivity contribution in [3.8, 4) is 0 Å². The first kappa shape index (κ1) is 12.2. The maximum absolute atomic E-state index is 12.0. The number of carbonyl (C=O) groups excluding carboxylic acids is 1. The lowest BCUT2D eigenvalue weighted by Crippen LogP contribution is -2.27. The molecule has 0 saturated heterocycles. The second kappa shape index (κ2) is 3.84. The Bertz CT molecular complexity index is 488. The van der Waals surface area contributed by atoms with Gasteiger partial charge in [0.2, 0.25) is 0 Å². The van der Waals surface area contributed by atoms with E-state index in [1.165, 1.54) is 18.4 Å². The zero-order valence-corrected chi connectivity index (χ0v) is 11.8. The van der Waals surface area contributed by atoms with E-state index in [1.807, 2.05) is 12.1 Å². The minimum atomic E-state index is -0.00731. The number of Topliss-reactive ketones (excluding diaryl/α,β-unsaturated/α-hetero) is 1. The molecule has 1 aromatic carbocycles. The maximum Gasteiger partial charge on any atom is 0.141 e. The molecule has 2 unspecified atom stereocenters. The van der Waals surface area contributed by atoms with Gasteiger partial charge in [-0.2, -0.15) is 0 Å². The molecule has 2 saturated carbocycles. The van der Waals surface area contributed by atoms with Crippen LogP contribution in [0.1, 0.15) is 38.7 Å². The molecule has 0 bridgehead atoms. The zero-order valence-electron chi connectivity index (χ0n) is 11.0. The van der Waals surface area contributed by atoms with Gasteiger partial charge in [-0.3, -0.25) is 4.79 Å². The van der Waals surface area contributed by atoms with Crippen molar-refractivity contribution in [3.63, 3.8) is 0 Å². The Morgan fingerprint density at radius 3 is 2.44 bits per heavy atom. The Morgan fingerprint density at radius 2 is 1.89 bits per heavy atom. The molecule has 18 heavy (non-hydrogen) atoms. The third-order valence-corrected chi connectivity index (χ3v) is 5.48. The highest BCUT2D eigenvalue weighted by Gasteiger charge is 2.69. The second-order valence-electron chi connectivity index (χ2n) is 6.52. The molecular formula is C16H19ClO. The summed E-state index contributed by atoms with van der Waals surface area (Å²) in [5.41, 5.74) is 1.49. The van der Waals surface area contributed by atoms with E-state index >= 15 is 0 Å². The van der Waals surface area contributed by atoms with Crippen LogP contribution in [0.25, 0.3) is 0 Å². The maximum atomic E-state index is 12.0. The molecule has 2 aliphatic rings. The molecule has 2 heteroatoms. The third kappa shape index (κ3) is 1.64. The summed E-state index contributed by atoms with van der Waals surface area (Å²) in [6.45, 7) is 4.53. The molecule has 0 aromatic heterocycles. The van der Waals surface area contributed by atoms with Gasteiger partial charge in [-0.05, 0) is 48.3 Å². The average molecular weight is 263 g/mol. The summed E-state index contributed by atoms with van der Waals surface area (Å²) in [6.07, 6.45) is 4.18. The summed E-state index contributed by atoms with van der Waals surface area (Å²) in [4.78, 5) is 12.0. The fraction of sp³-hybridized carbons (Fsp3) is 0.562. The first-order chi connectivity index (χ1) is 8.46.